The van der Waals surface area contributed by atoms with Gasteiger partial charge >= 0.3 is 11.7 Å². The third kappa shape index (κ3) is 3.27. The van der Waals surface area contributed by atoms with Crippen LogP contribution in [-0.2, 0) is 5.75 Å². The number of aromatic carboxylic acids is 1. The predicted molar refractivity (Wildman–Crippen MR) is 72.5 cm³/mol. The molecule has 0 radical (unpaired) electrons. The average Bonchev–Trinajstić information content (AvgIpc) is 2.39. The quantitative estimate of drug-likeness (QED) is 0.669. The van der Waals surface area contributed by atoms with E-state index in [1.807, 2.05) is 0 Å². The number of thioether (sulfide) groups is 1. The van der Waals surface area contributed by atoms with E-state index >= 15 is 0 Å². The number of rotatable bonds is 4. The Labute approximate surface area is 122 Å². The first kappa shape index (κ1) is 15.2. The fourth-order valence-corrected chi connectivity index (χ4v) is 2.77. The molecule has 0 aliphatic heterocycles. The molecular formula is C13H10F2N2O3S. The minimum absolute atomic E-state index is 0.0348. The monoisotopic (exact) mass is 312 g/mol. The summed E-state index contributed by atoms with van der Waals surface area (Å²) in [5.41, 5.74) is -0.628. The normalized spacial score (nSPS) is 10.6. The van der Waals surface area contributed by atoms with Crippen LogP contribution in [-0.4, -0.2) is 21.0 Å². The van der Waals surface area contributed by atoms with Crippen molar-refractivity contribution in [3.63, 3.8) is 0 Å². The highest BCUT2D eigenvalue weighted by Gasteiger charge is 2.18. The lowest BCUT2D eigenvalue weighted by Crippen LogP contribution is -2.18. The van der Waals surface area contributed by atoms with E-state index in [0.29, 0.717) is 0 Å². The second kappa shape index (κ2) is 6.04. The van der Waals surface area contributed by atoms with Crippen molar-refractivity contribution in [3.05, 3.63) is 57.1 Å². The van der Waals surface area contributed by atoms with Crippen molar-refractivity contribution in [2.75, 3.05) is 0 Å². The van der Waals surface area contributed by atoms with E-state index in [-0.39, 0.29) is 27.6 Å². The SMILES string of the molecule is Cc1[nH]c(=O)nc(SCc2cccc(F)c2F)c1C(=O)O. The van der Waals surface area contributed by atoms with Gasteiger partial charge < -0.3 is 10.1 Å². The zero-order valence-electron chi connectivity index (χ0n) is 10.8. The highest BCUT2D eigenvalue weighted by molar-refractivity contribution is 7.98. The Morgan fingerprint density at radius 3 is 2.81 bits per heavy atom. The van der Waals surface area contributed by atoms with Crippen LogP contribution < -0.4 is 5.69 Å². The number of H-pyrrole nitrogens is 1. The molecule has 2 N–H and O–H groups in total. The molecule has 0 saturated heterocycles. The summed E-state index contributed by atoms with van der Waals surface area (Å²) in [7, 11) is 0. The summed E-state index contributed by atoms with van der Waals surface area (Å²) < 4.78 is 26.6. The molecule has 1 heterocycles. The van der Waals surface area contributed by atoms with Gasteiger partial charge in [0.1, 0.15) is 10.6 Å². The van der Waals surface area contributed by atoms with Crippen molar-refractivity contribution >= 4 is 17.7 Å². The Kier molecular flexibility index (Phi) is 4.37. The van der Waals surface area contributed by atoms with Crippen LogP contribution in [0.4, 0.5) is 8.78 Å². The smallest absolute Gasteiger partial charge is 0.346 e. The molecule has 0 unspecified atom stereocenters. The number of nitrogens with zero attached hydrogens (tertiary/aromatic N) is 1. The van der Waals surface area contributed by atoms with Crippen LogP contribution in [0.5, 0.6) is 0 Å². The molecule has 0 aliphatic rings. The lowest BCUT2D eigenvalue weighted by molar-refractivity contribution is 0.0690. The Balaban J connectivity index is 2.34. The lowest BCUT2D eigenvalue weighted by atomic mass is 10.2. The third-order valence-electron chi connectivity index (χ3n) is 2.70. The number of carbonyl (C=O) groups is 1. The maximum Gasteiger partial charge on any atom is 0.346 e. The van der Waals surface area contributed by atoms with Crippen molar-refractivity contribution in [2.45, 2.75) is 17.7 Å². The Hall–Kier alpha value is -2.22. The first-order valence-electron chi connectivity index (χ1n) is 5.80. The summed E-state index contributed by atoms with van der Waals surface area (Å²) in [5.74, 6) is -3.27. The zero-order valence-corrected chi connectivity index (χ0v) is 11.6. The van der Waals surface area contributed by atoms with E-state index in [9.17, 15) is 18.4 Å². The molecule has 8 heteroatoms. The van der Waals surface area contributed by atoms with E-state index in [0.717, 1.165) is 17.8 Å². The molecule has 5 nitrogen and oxygen atoms in total. The zero-order chi connectivity index (χ0) is 15.6. The molecule has 1 aromatic heterocycles. The second-order valence-electron chi connectivity index (χ2n) is 4.15. The maximum absolute atomic E-state index is 13.5. The van der Waals surface area contributed by atoms with Gasteiger partial charge in [0.15, 0.2) is 11.6 Å². The van der Waals surface area contributed by atoms with Gasteiger partial charge in [-0.1, -0.05) is 12.1 Å². The Morgan fingerprint density at radius 2 is 2.14 bits per heavy atom. The van der Waals surface area contributed by atoms with Crippen molar-refractivity contribution < 1.29 is 18.7 Å². The van der Waals surface area contributed by atoms with Gasteiger partial charge in [-0.05, 0) is 13.0 Å². The molecule has 0 spiro atoms. The number of aryl methyl sites for hydroxylation is 1. The Morgan fingerprint density at radius 1 is 1.43 bits per heavy atom. The van der Waals surface area contributed by atoms with Crippen LogP contribution in [0, 0.1) is 18.6 Å². The molecule has 0 aliphatic carbocycles. The van der Waals surface area contributed by atoms with Gasteiger partial charge in [0, 0.05) is 17.0 Å². The van der Waals surface area contributed by atoms with Gasteiger partial charge in [0.05, 0.1) is 0 Å². The predicted octanol–water partition coefficient (Wildman–Crippen LogP) is 2.35. The number of aromatic nitrogens is 2. The molecule has 2 aromatic rings. The van der Waals surface area contributed by atoms with E-state index in [1.54, 1.807) is 0 Å². The van der Waals surface area contributed by atoms with Crippen molar-refractivity contribution in [3.8, 4) is 0 Å². The van der Waals surface area contributed by atoms with Gasteiger partial charge in [-0.15, -0.1) is 11.8 Å². The summed E-state index contributed by atoms with van der Waals surface area (Å²) in [6.07, 6.45) is 0. The van der Waals surface area contributed by atoms with Crippen LogP contribution in [0.1, 0.15) is 21.6 Å². The topological polar surface area (TPSA) is 83.0 Å². The van der Waals surface area contributed by atoms with Crippen LogP contribution >= 0.6 is 11.8 Å². The number of halogens is 2. The van der Waals surface area contributed by atoms with Crippen LogP contribution in [0.2, 0.25) is 0 Å². The second-order valence-corrected chi connectivity index (χ2v) is 5.12. The number of hydrogen-bond donors (Lipinski definition) is 2. The summed E-state index contributed by atoms with van der Waals surface area (Å²) >= 11 is 0.861. The molecule has 0 fully saturated rings. The number of carboxylic acid groups (broad SMARTS) is 1. The summed E-state index contributed by atoms with van der Waals surface area (Å²) in [4.78, 5) is 28.3. The molecule has 110 valence electrons. The van der Waals surface area contributed by atoms with Gasteiger partial charge in [0.2, 0.25) is 0 Å². The number of hydrogen-bond acceptors (Lipinski definition) is 4. The molecule has 1 aromatic carbocycles. The largest absolute Gasteiger partial charge is 0.478 e. The van der Waals surface area contributed by atoms with E-state index in [4.69, 9.17) is 5.11 Å². The van der Waals surface area contributed by atoms with Gasteiger partial charge in [-0.2, -0.15) is 4.98 Å². The van der Waals surface area contributed by atoms with Crippen molar-refractivity contribution in [1.82, 2.24) is 9.97 Å². The highest BCUT2D eigenvalue weighted by atomic mass is 32.2. The summed E-state index contributed by atoms with van der Waals surface area (Å²) in [5, 5.41) is 9.09. The summed E-state index contributed by atoms with van der Waals surface area (Å²) in [6.45, 7) is 1.43. The third-order valence-corrected chi connectivity index (χ3v) is 3.72. The number of aromatic amines is 1. The molecule has 21 heavy (non-hydrogen) atoms. The van der Waals surface area contributed by atoms with Crippen molar-refractivity contribution in [2.24, 2.45) is 0 Å². The number of carboxylic acids is 1. The van der Waals surface area contributed by atoms with E-state index < -0.39 is 23.3 Å². The van der Waals surface area contributed by atoms with Gasteiger partial charge in [-0.25, -0.2) is 18.4 Å². The highest BCUT2D eigenvalue weighted by Crippen LogP contribution is 2.26. The maximum atomic E-state index is 13.5. The molecular weight excluding hydrogens is 302 g/mol. The fraction of sp³-hybridized carbons (Fsp3) is 0.154. The van der Waals surface area contributed by atoms with E-state index in [1.165, 1.54) is 19.1 Å². The average molecular weight is 312 g/mol. The Bertz CT molecular complexity index is 762. The number of benzene rings is 1. The van der Waals surface area contributed by atoms with Gasteiger partial charge in [0.25, 0.3) is 0 Å². The molecule has 2 rings (SSSR count). The van der Waals surface area contributed by atoms with Crippen LogP contribution in [0.25, 0.3) is 0 Å². The summed E-state index contributed by atoms with van der Waals surface area (Å²) in [6, 6.07) is 3.72. The van der Waals surface area contributed by atoms with Gasteiger partial charge in [-0.3, -0.25) is 0 Å². The minimum atomic E-state index is -1.25. The standard InChI is InChI=1S/C13H10F2N2O3S/c1-6-9(12(18)19)11(17-13(20)16-6)21-5-7-3-2-4-8(14)10(7)15/h2-4H,5H2,1H3,(H,18,19)(H,16,17,20). The van der Waals surface area contributed by atoms with Crippen molar-refractivity contribution in [1.29, 1.82) is 0 Å². The molecule has 0 bridgehead atoms. The van der Waals surface area contributed by atoms with Crippen LogP contribution in [0.3, 0.4) is 0 Å². The van der Waals surface area contributed by atoms with E-state index in [2.05, 4.69) is 9.97 Å². The number of nitrogens with one attached hydrogen (secondary N) is 1. The first-order valence-corrected chi connectivity index (χ1v) is 6.78. The minimum Gasteiger partial charge on any atom is -0.478 e. The molecule has 0 amide bonds. The lowest BCUT2D eigenvalue weighted by Gasteiger charge is -2.07. The fourth-order valence-electron chi connectivity index (χ4n) is 1.72. The van der Waals surface area contributed by atoms with Crippen LogP contribution in [0.15, 0.2) is 28.0 Å². The first-order chi connectivity index (χ1) is 9.90. The molecule has 0 saturated carbocycles. The molecule has 0 atom stereocenters.